The monoisotopic (exact) mass is 289 g/mol. The summed E-state index contributed by atoms with van der Waals surface area (Å²) < 4.78 is 5.48. The zero-order valence-corrected chi connectivity index (χ0v) is 12.2. The van der Waals surface area contributed by atoms with Crippen molar-refractivity contribution in [2.45, 2.75) is 26.7 Å². The number of carbonyl (C=O) groups excluding carboxylic acids is 1. The van der Waals surface area contributed by atoms with Crippen LogP contribution >= 0.6 is 11.3 Å². The van der Waals surface area contributed by atoms with Crippen molar-refractivity contribution in [1.29, 1.82) is 0 Å². The van der Waals surface area contributed by atoms with Crippen LogP contribution in [0.15, 0.2) is 39.4 Å². The molecule has 0 N–H and O–H groups in total. The molecule has 0 bridgehead atoms. The average molecular weight is 289 g/mol. The minimum Gasteiger partial charge on any atom is -0.469 e. The fraction of sp³-hybridized carbons (Fsp3) is 0.333. The van der Waals surface area contributed by atoms with Gasteiger partial charge in [-0.15, -0.1) is 11.3 Å². The van der Waals surface area contributed by atoms with Crippen LogP contribution in [-0.4, -0.2) is 11.7 Å². The summed E-state index contributed by atoms with van der Waals surface area (Å²) in [6.07, 6.45) is 3.28. The molecule has 2 aromatic rings. The van der Waals surface area contributed by atoms with Gasteiger partial charge in [0.25, 0.3) is 0 Å². The van der Waals surface area contributed by atoms with E-state index in [4.69, 9.17) is 9.25 Å². The molecule has 0 amide bonds. The van der Waals surface area contributed by atoms with Crippen LogP contribution in [0.1, 0.15) is 41.3 Å². The SMILES string of the molecule is CC1(C)C/C(=N\OC(=O)c2cccs2)c2ccoc2C1. The Balaban J connectivity index is 1.83. The summed E-state index contributed by atoms with van der Waals surface area (Å²) in [6.45, 7) is 4.30. The van der Waals surface area contributed by atoms with Crippen LogP contribution in [0.25, 0.3) is 0 Å². The first kappa shape index (κ1) is 13.1. The van der Waals surface area contributed by atoms with Gasteiger partial charge in [-0.2, -0.15) is 0 Å². The quantitative estimate of drug-likeness (QED) is 0.623. The number of hydrogen-bond donors (Lipinski definition) is 0. The summed E-state index contributed by atoms with van der Waals surface area (Å²) in [7, 11) is 0. The minimum atomic E-state index is -0.416. The van der Waals surface area contributed by atoms with Crippen molar-refractivity contribution in [3.8, 4) is 0 Å². The van der Waals surface area contributed by atoms with Gasteiger partial charge in [0.05, 0.1) is 12.0 Å². The van der Waals surface area contributed by atoms with E-state index >= 15 is 0 Å². The van der Waals surface area contributed by atoms with Gasteiger partial charge in [0.2, 0.25) is 0 Å². The van der Waals surface area contributed by atoms with Crippen molar-refractivity contribution >= 4 is 23.0 Å². The number of rotatable bonds is 2. The lowest BCUT2D eigenvalue weighted by molar-refractivity contribution is 0.0519. The third-order valence-corrected chi connectivity index (χ3v) is 4.15. The predicted molar refractivity (Wildman–Crippen MR) is 77.1 cm³/mol. The Labute approximate surface area is 121 Å². The van der Waals surface area contributed by atoms with Crippen molar-refractivity contribution in [3.63, 3.8) is 0 Å². The van der Waals surface area contributed by atoms with E-state index in [-0.39, 0.29) is 5.41 Å². The zero-order chi connectivity index (χ0) is 14.2. The molecule has 0 aromatic carbocycles. The number of oxime groups is 1. The van der Waals surface area contributed by atoms with E-state index in [1.54, 1.807) is 12.3 Å². The highest BCUT2D eigenvalue weighted by atomic mass is 32.1. The molecule has 3 rings (SSSR count). The smallest absolute Gasteiger partial charge is 0.375 e. The maximum absolute atomic E-state index is 11.8. The molecule has 0 aliphatic heterocycles. The molecular formula is C15H15NO3S. The van der Waals surface area contributed by atoms with Crippen molar-refractivity contribution in [3.05, 3.63) is 46.0 Å². The second-order valence-electron chi connectivity index (χ2n) is 5.67. The predicted octanol–water partition coefficient (Wildman–Crippen LogP) is 3.87. The van der Waals surface area contributed by atoms with Gasteiger partial charge < -0.3 is 9.25 Å². The first-order chi connectivity index (χ1) is 9.55. The van der Waals surface area contributed by atoms with E-state index in [2.05, 4.69) is 19.0 Å². The molecule has 0 saturated heterocycles. The number of hydrogen-bond acceptors (Lipinski definition) is 5. The molecule has 0 saturated carbocycles. The summed E-state index contributed by atoms with van der Waals surface area (Å²) in [5.41, 5.74) is 1.78. The Morgan fingerprint density at radius 2 is 2.25 bits per heavy atom. The first-order valence-corrected chi connectivity index (χ1v) is 7.32. The molecule has 0 spiro atoms. The summed E-state index contributed by atoms with van der Waals surface area (Å²) in [5.74, 6) is 0.494. The van der Waals surface area contributed by atoms with E-state index in [1.165, 1.54) is 11.3 Å². The second kappa shape index (κ2) is 4.90. The molecule has 1 aliphatic carbocycles. The molecule has 0 fully saturated rings. The van der Waals surface area contributed by atoms with Crippen LogP contribution in [0.2, 0.25) is 0 Å². The number of carbonyl (C=O) groups is 1. The van der Waals surface area contributed by atoms with Crippen LogP contribution in [0.4, 0.5) is 0 Å². The molecule has 104 valence electrons. The third kappa shape index (κ3) is 2.54. The summed E-state index contributed by atoms with van der Waals surface area (Å²) in [4.78, 5) is 17.4. The van der Waals surface area contributed by atoms with Crippen molar-refractivity contribution in [1.82, 2.24) is 0 Å². The highest BCUT2D eigenvalue weighted by molar-refractivity contribution is 7.11. The van der Waals surface area contributed by atoms with Gasteiger partial charge in [0.1, 0.15) is 10.6 Å². The van der Waals surface area contributed by atoms with Gasteiger partial charge in [0.15, 0.2) is 0 Å². The molecule has 2 aromatic heterocycles. The van der Waals surface area contributed by atoms with Crippen LogP contribution in [-0.2, 0) is 11.3 Å². The Kier molecular flexibility index (Phi) is 3.22. The Morgan fingerprint density at radius 3 is 3.00 bits per heavy atom. The summed E-state index contributed by atoms with van der Waals surface area (Å²) in [5, 5.41) is 5.90. The van der Waals surface area contributed by atoms with Gasteiger partial charge in [-0.3, -0.25) is 0 Å². The van der Waals surface area contributed by atoms with E-state index in [9.17, 15) is 4.79 Å². The average Bonchev–Trinajstić information content (AvgIpc) is 3.04. The maximum Gasteiger partial charge on any atom is 0.375 e. The molecule has 4 nitrogen and oxygen atoms in total. The molecule has 0 unspecified atom stereocenters. The highest BCUT2D eigenvalue weighted by Gasteiger charge is 2.32. The van der Waals surface area contributed by atoms with Gasteiger partial charge >= 0.3 is 5.97 Å². The molecular weight excluding hydrogens is 274 g/mol. The lowest BCUT2D eigenvalue weighted by Crippen LogP contribution is -2.26. The van der Waals surface area contributed by atoms with Crippen molar-refractivity contribution < 1.29 is 14.0 Å². The topological polar surface area (TPSA) is 51.8 Å². The van der Waals surface area contributed by atoms with Crippen LogP contribution in [0.5, 0.6) is 0 Å². The largest absolute Gasteiger partial charge is 0.469 e. The van der Waals surface area contributed by atoms with Crippen LogP contribution < -0.4 is 0 Å². The Morgan fingerprint density at radius 1 is 1.40 bits per heavy atom. The van der Waals surface area contributed by atoms with Gasteiger partial charge in [0, 0.05) is 12.0 Å². The summed E-state index contributed by atoms with van der Waals surface area (Å²) in [6, 6.07) is 5.41. The van der Waals surface area contributed by atoms with Gasteiger partial charge in [-0.05, 0) is 29.3 Å². The number of furan rings is 1. The third-order valence-electron chi connectivity index (χ3n) is 3.30. The Hall–Kier alpha value is -1.88. The fourth-order valence-corrected chi connectivity index (χ4v) is 2.99. The zero-order valence-electron chi connectivity index (χ0n) is 11.4. The van der Waals surface area contributed by atoms with Gasteiger partial charge in [-0.1, -0.05) is 25.1 Å². The number of thiophene rings is 1. The molecule has 0 atom stereocenters. The number of fused-ring (bicyclic) bond motifs is 1. The lowest BCUT2D eigenvalue weighted by Gasteiger charge is -2.28. The standard InChI is InChI=1S/C15H15NO3S/c1-15(2)8-11(10-5-6-18-12(10)9-15)16-19-14(17)13-4-3-7-20-13/h3-7H,8-9H2,1-2H3/b16-11+. The van der Waals surface area contributed by atoms with Crippen molar-refractivity contribution in [2.75, 3.05) is 0 Å². The highest BCUT2D eigenvalue weighted by Crippen LogP contribution is 2.35. The lowest BCUT2D eigenvalue weighted by atomic mass is 9.76. The second-order valence-corrected chi connectivity index (χ2v) is 6.62. The molecule has 1 aliphatic rings. The fourth-order valence-electron chi connectivity index (χ4n) is 2.40. The maximum atomic E-state index is 11.8. The molecule has 20 heavy (non-hydrogen) atoms. The van der Waals surface area contributed by atoms with E-state index in [1.807, 2.05) is 17.5 Å². The van der Waals surface area contributed by atoms with E-state index in [0.29, 0.717) is 4.88 Å². The Bertz CT molecular complexity index is 652. The van der Waals surface area contributed by atoms with E-state index < -0.39 is 5.97 Å². The molecule has 0 radical (unpaired) electrons. The number of nitrogens with zero attached hydrogens (tertiary/aromatic N) is 1. The minimum absolute atomic E-state index is 0.0546. The molecule has 5 heteroatoms. The van der Waals surface area contributed by atoms with E-state index in [0.717, 1.165) is 29.9 Å². The molecule has 2 heterocycles. The van der Waals surface area contributed by atoms with Crippen molar-refractivity contribution in [2.24, 2.45) is 10.6 Å². The van der Waals surface area contributed by atoms with Crippen LogP contribution in [0, 0.1) is 5.41 Å². The normalized spacial score (nSPS) is 18.8. The van der Waals surface area contributed by atoms with Gasteiger partial charge in [-0.25, -0.2) is 4.79 Å². The summed E-state index contributed by atoms with van der Waals surface area (Å²) >= 11 is 1.34. The van der Waals surface area contributed by atoms with Crippen LogP contribution in [0.3, 0.4) is 0 Å². The first-order valence-electron chi connectivity index (χ1n) is 6.44.